The van der Waals surface area contributed by atoms with Gasteiger partial charge in [-0.3, -0.25) is 0 Å². The Morgan fingerprint density at radius 3 is 2.58 bits per heavy atom. The molecule has 0 saturated carbocycles. The van der Waals surface area contributed by atoms with E-state index in [0.29, 0.717) is 6.42 Å². The first-order valence-electron chi connectivity index (χ1n) is 6.52. The van der Waals surface area contributed by atoms with Crippen LogP contribution < -0.4 is 5.32 Å². The minimum Gasteiger partial charge on any atom is -0.445 e. The lowest BCUT2D eigenvalue weighted by Gasteiger charge is -2.28. The van der Waals surface area contributed by atoms with Crippen molar-refractivity contribution >= 4 is 6.09 Å². The van der Waals surface area contributed by atoms with Crippen molar-refractivity contribution in [1.29, 1.82) is 0 Å². The van der Waals surface area contributed by atoms with Crippen molar-refractivity contribution in [1.82, 2.24) is 5.32 Å². The van der Waals surface area contributed by atoms with Gasteiger partial charge in [0.25, 0.3) is 0 Å². The van der Waals surface area contributed by atoms with Gasteiger partial charge in [0, 0.05) is 12.1 Å². The lowest BCUT2D eigenvalue weighted by atomic mass is 9.92. The van der Waals surface area contributed by atoms with Gasteiger partial charge in [-0.2, -0.15) is 0 Å². The van der Waals surface area contributed by atoms with Gasteiger partial charge in [-0.05, 0) is 31.7 Å². The number of aliphatic hydroxyl groups is 1. The van der Waals surface area contributed by atoms with Crippen LogP contribution in [0.5, 0.6) is 0 Å². The van der Waals surface area contributed by atoms with E-state index in [1.165, 1.54) is 0 Å². The first-order valence-corrected chi connectivity index (χ1v) is 6.52. The first kappa shape index (κ1) is 15.5. The first-order chi connectivity index (χ1) is 8.93. The molecule has 2 N–H and O–H groups in total. The van der Waals surface area contributed by atoms with E-state index in [4.69, 9.17) is 9.84 Å². The molecule has 0 bridgehead atoms. The van der Waals surface area contributed by atoms with Crippen molar-refractivity contribution < 1.29 is 14.6 Å². The molecule has 4 heteroatoms. The topological polar surface area (TPSA) is 58.6 Å². The summed E-state index contributed by atoms with van der Waals surface area (Å²) >= 11 is 0. The Balaban J connectivity index is 2.38. The Morgan fingerprint density at radius 1 is 1.37 bits per heavy atom. The van der Waals surface area contributed by atoms with Crippen LogP contribution in [-0.2, 0) is 11.3 Å². The van der Waals surface area contributed by atoms with Gasteiger partial charge in [0.15, 0.2) is 0 Å². The molecule has 106 valence electrons. The highest BCUT2D eigenvalue weighted by Crippen LogP contribution is 2.16. The van der Waals surface area contributed by atoms with Gasteiger partial charge in [0.05, 0.1) is 0 Å². The van der Waals surface area contributed by atoms with E-state index in [1.54, 1.807) is 0 Å². The molecule has 1 unspecified atom stereocenters. The van der Waals surface area contributed by atoms with Crippen LogP contribution in [0.3, 0.4) is 0 Å². The highest BCUT2D eigenvalue weighted by Gasteiger charge is 2.23. The van der Waals surface area contributed by atoms with E-state index in [1.807, 2.05) is 51.1 Å². The maximum absolute atomic E-state index is 11.7. The number of amides is 1. The third-order valence-electron chi connectivity index (χ3n) is 2.82. The summed E-state index contributed by atoms with van der Waals surface area (Å²) in [5.41, 5.74) is 0.565. The number of benzene rings is 1. The van der Waals surface area contributed by atoms with Crippen molar-refractivity contribution in [2.75, 3.05) is 6.61 Å². The van der Waals surface area contributed by atoms with Gasteiger partial charge in [-0.1, -0.05) is 37.3 Å². The van der Waals surface area contributed by atoms with E-state index in [-0.39, 0.29) is 19.1 Å². The molecule has 0 aliphatic rings. The summed E-state index contributed by atoms with van der Waals surface area (Å²) in [5, 5.41) is 11.9. The molecule has 19 heavy (non-hydrogen) atoms. The predicted molar refractivity (Wildman–Crippen MR) is 74.7 cm³/mol. The van der Waals surface area contributed by atoms with Gasteiger partial charge < -0.3 is 15.2 Å². The molecule has 0 spiro atoms. The third-order valence-corrected chi connectivity index (χ3v) is 2.82. The van der Waals surface area contributed by atoms with Crippen LogP contribution in [0, 0.1) is 5.92 Å². The highest BCUT2D eigenvalue weighted by atomic mass is 16.5. The zero-order valence-electron chi connectivity index (χ0n) is 11.8. The van der Waals surface area contributed by atoms with Gasteiger partial charge in [-0.25, -0.2) is 4.79 Å². The quantitative estimate of drug-likeness (QED) is 0.831. The molecule has 4 nitrogen and oxygen atoms in total. The van der Waals surface area contributed by atoms with E-state index in [2.05, 4.69) is 5.32 Å². The average Bonchev–Trinajstić information content (AvgIpc) is 2.36. The zero-order valence-corrected chi connectivity index (χ0v) is 11.8. The number of carbonyl (C=O) groups is 1. The monoisotopic (exact) mass is 265 g/mol. The van der Waals surface area contributed by atoms with Crippen molar-refractivity contribution in [3.63, 3.8) is 0 Å². The average molecular weight is 265 g/mol. The van der Waals surface area contributed by atoms with Gasteiger partial charge in [0.1, 0.15) is 6.61 Å². The fourth-order valence-corrected chi connectivity index (χ4v) is 2.02. The second-order valence-corrected chi connectivity index (χ2v) is 5.56. The number of hydrogen-bond donors (Lipinski definition) is 2. The maximum atomic E-state index is 11.7. The molecule has 1 rings (SSSR count). The molecular formula is C15H23NO3. The Bertz CT molecular complexity index is 390. The summed E-state index contributed by atoms with van der Waals surface area (Å²) in [6, 6.07) is 9.55. The maximum Gasteiger partial charge on any atom is 0.407 e. The summed E-state index contributed by atoms with van der Waals surface area (Å²) in [5.74, 6) is 0.143. The molecule has 1 aromatic carbocycles. The fourth-order valence-electron chi connectivity index (χ4n) is 2.02. The largest absolute Gasteiger partial charge is 0.445 e. The number of hydrogen-bond acceptors (Lipinski definition) is 3. The number of ether oxygens (including phenoxy) is 1. The Morgan fingerprint density at radius 2 is 2.00 bits per heavy atom. The molecule has 0 saturated heterocycles. The zero-order chi connectivity index (χ0) is 14.3. The van der Waals surface area contributed by atoms with Crippen LogP contribution in [0.4, 0.5) is 4.79 Å². The summed E-state index contributed by atoms with van der Waals surface area (Å²) in [6.45, 7) is 6.16. The van der Waals surface area contributed by atoms with Crippen LogP contribution >= 0.6 is 0 Å². The molecule has 0 radical (unpaired) electrons. The second kappa shape index (κ2) is 7.14. The smallest absolute Gasteiger partial charge is 0.407 e. The lowest BCUT2D eigenvalue weighted by molar-refractivity contribution is 0.123. The Kier molecular flexibility index (Phi) is 5.83. The van der Waals surface area contributed by atoms with Gasteiger partial charge >= 0.3 is 6.09 Å². The fraction of sp³-hybridized carbons (Fsp3) is 0.533. The van der Waals surface area contributed by atoms with Crippen LogP contribution in [0.25, 0.3) is 0 Å². The summed E-state index contributed by atoms with van der Waals surface area (Å²) in [6.07, 6.45) is 0.267. The number of alkyl carbamates (subject to hydrolysis) is 1. The van der Waals surface area contributed by atoms with Crippen molar-refractivity contribution in [2.24, 2.45) is 5.92 Å². The highest BCUT2D eigenvalue weighted by molar-refractivity contribution is 5.68. The summed E-state index contributed by atoms with van der Waals surface area (Å²) < 4.78 is 5.17. The third kappa shape index (κ3) is 6.25. The predicted octanol–water partition coefficient (Wildman–Crippen LogP) is 2.71. The van der Waals surface area contributed by atoms with Gasteiger partial charge in [-0.15, -0.1) is 0 Å². The second-order valence-electron chi connectivity index (χ2n) is 5.56. The van der Waals surface area contributed by atoms with E-state index >= 15 is 0 Å². The number of nitrogens with one attached hydrogen (secondary N) is 1. The number of carbonyl (C=O) groups excluding carboxylic acids is 1. The number of aliphatic hydroxyl groups excluding tert-OH is 1. The van der Waals surface area contributed by atoms with Gasteiger partial charge in [0.2, 0.25) is 0 Å². The number of rotatable bonds is 6. The SMILES string of the molecule is CC(CO)CC(C)(C)NC(=O)OCc1ccccc1. The minimum atomic E-state index is -0.431. The summed E-state index contributed by atoms with van der Waals surface area (Å²) in [7, 11) is 0. The van der Waals surface area contributed by atoms with Crippen LogP contribution in [0.2, 0.25) is 0 Å². The van der Waals surface area contributed by atoms with E-state index in [9.17, 15) is 4.79 Å². The molecule has 0 aliphatic carbocycles. The Hall–Kier alpha value is -1.55. The lowest BCUT2D eigenvalue weighted by Crippen LogP contribution is -2.45. The van der Waals surface area contributed by atoms with Crippen LogP contribution in [-0.4, -0.2) is 23.3 Å². The van der Waals surface area contributed by atoms with Crippen molar-refractivity contribution in [3.05, 3.63) is 35.9 Å². The molecule has 0 aliphatic heterocycles. The van der Waals surface area contributed by atoms with Crippen LogP contribution in [0.1, 0.15) is 32.8 Å². The van der Waals surface area contributed by atoms with Crippen molar-refractivity contribution in [2.45, 2.75) is 39.3 Å². The Labute approximate surface area is 114 Å². The molecular weight excluding hydrogens is 242 g/mol. The molecule has 1 amide bonds. The molecule has 0 aromatic heterocycles. The standard InChI is InChI=1S/C15H23NO3/c1-12(10-17)9-15(2,3)16-14(18)19-11-13-7-5-4-6-8-13/h4-8,12,17H,9-11H2,1-3H3,(H,16,18). The summed E-state index contributed by atoms with van der Waals surface area (Å²) in [4.78, 5) is 11.7. The minimum absolute atomic E-state index is 0.115. The van der Waals surface area contributed by atoms with E-state index in [0.717, 1.165) is 5.56 Å². The molecule has 1 aromatic rings. The normalized spacial score (nSPS) is 12.8. The molecule has 0 heterocycles. The van der Waals surface area contributed by atoms with E-state index < -0.39 is 11.6 Å². The van der Waals surface area contributed by atoms with Crippen molar-refractivity contribution in [3.8, 4) is 0 Å². The molecule has 0 fully saturated rings. The van der Waals surface area contributed by atoms with Crippen LogP contribution in [0.15, 0.2) is 30.3 Å². The molecule has 1 atom stereocenters.